The van der Waals surface area contributed by atoms with Crippen molar-refractivity contribution in [3.05, 3.63) is 35.4 Å². The van der Waals surface area contributed by atoms with Crippen molar-refractivity contribution in [3.8, 4) is 0 Å². The van der Waals surface area contributed by atoms with Crippen LogP contribution in [0.2, 0.25) is 0 Å². The van der Waals surface area contributed by atoms with Crippen LogP contribution in [0.3, 0.4) is 0 Å². The summed E-state index contributed by atoms with van der Waals surface area (Å²) in [4.78, 5) is 0. The van der Waals surface area contributed by atoms with E-state index in [-0.39, 0.29) is 0 Å². The van der Waals surface area contributed by atoms with E-state index in [1.54, 1.807) is 0 Å². The Balaban J connectivity index is 1.67. The Bertz CT molecular complexity index is 326. The molecule has 2 N–H and O–H groups in total. The minimum absolute atomic E-state index is 0.314. The van der Waals surface area contributed by atoms with Crippen molar-refractivity contribution >= 4 is 0 Å². The Morgan fingerprint density at radius 3 is 2.53 bits per heavy atom. The molecule has 1 atom stereocenters. The van der Waals surface area contributed by atoms with Crippen molar-refractivity contribution < 1.29 is 5.11 Å². The van der Waals surface area contributed by atoms with Crippen molar-refractivity contribution in [2.24, 2.45) is 5.92 Å². The van der Waals surface area contributed by atoms with E-state index >= 15 is 0 Å². The van der Waals surface area contributed by atoms with Crippen LogP contribution in [0.15, 0.2) is 24.3 Å². The number of hydrogen-bond donors (Lipinski definition) is 2. The number of aliphatic hydroxyl groups excluding tert-OH is 1. The maximum Gasteiger partial charge on any atom is 0.0456 e. The Morgan fingerprint density at radius 1 is 1.29 bits per heavy atom. The number of nitrogens with one attached hydrogen (secondary N) is 1. The van der Waals surface area contributed by atoms with Crippen LogP contribution in [0, 0.1) is 5.92 Å². The maximum absolute atomic E-state index is 8.94. The van der Waals surface area contributed by atoms with Crippen molar-refractivity contribution in [2.45, 2.75) is 38.6 Å². The predicted molar refractivity (Wildman–Crippen MR) is 71.1 cm³/mol. The highest BCUT2D eigenvalue weighted by Crippen LogP contribution is 2.21. The van der Waals surface area contributed by atoms with Gasteiger partial charge in [-0.15, -0.1) is 0 Å². The highest BCUT2D eigenvalue weighted by molar-refractivity contribution is 5.33. The molecule has 1 unspecified atom stereocenters. The second-order valence-electron chi connectivity index (χ2n) is 5.26. The van der Waals surface area contributed by atoms with Crippen LogP contribution >= 0.6 is 0 Å². The third-order valence-electron chi connectivity index (χ3n) is 3.67. The van der Waals surface area contributed by atoms with E-state index < -0.39 is 0 Å². The van der Waals surface area contributed by atoms with Gasteiger partial charge in [-0.2, -0.15) is 0 Å². The lowest BCUT2D eigenvalue weighted by molar-refractivity contribution is 0.227. The molecule has 0 bridgehead atoms. The van der Waals surface area contributed by atoms with Crippen molar-refractivity contribution in [1.82, 2.24) is 5.32 Å². The highest BCUT2D eigenvalue weighted by atomic mass is 16.3. The first-order chi connectivity index (χ1) is 8.29. The maximum atomic E-state index is 8.94. The quantitative estimate of drug-likeness (QED) is 0.738. The van der Waals surface area contributed by atoms with Gasteiger partial charge >= 0.3 is 0 Å². The molecule has 0 saturated heterocycles. The summed E-state index contributed by atoms with van der Waals surface area (Å²) < 4.78 is 0. The van der Waals surface area contributed by atoms with Crippen molar-refractivity contribution in [2.75, 3.05) is 13.2 Å². The molecule has 1 aliphatic rings. The van der Waals surface area contributed by atoms with E-state index in [2.05, 4.69) is 36.5 Å². The molecular weight excluding hydrogens is 210 g/mol. The lowest BCUT2D eigenvalue weighted by Gasteiger charge is -2.13. The molecule has 0 fully saturated rings. The molecule has 0 aliphatic heterocycles. The van der Waals surface area contributed by atoms with Crippen LogP contribution in [-0.4, -0.2) is 24.3 Å². The molecule has 2 nitrogen and oxygen atoms in total. The molecule has 0 aromatic heterocycles. The van der Waals surface area contributed by atoms with Crippen molar-refractivity contribution in [1.29, 1.82) is 0 Å². The lowest BCUT2D eigenvalue weighted by atomic mass is 10.1. The van der Waals surface area contributed by atoms with Gasteiger partial charge in [0.05, 0.1) is 0 Å². The SMILES string of the molecule is CC(CO)CCCNC1Cc2ccccc2C1. The summed E-state index contributed by atoms with van der Waals surface area (Å²) >= 11 is 0. The van der Waals surface area contributed by atoms with E-state index in [1.807, 2.05) is 0 Å². The summed E-state index contributed by atoms with van der Waals surface area (Å²) in [5.41, 5.74) is 3.02. The van der Waals surface area contributed by atoms with Gasteiger partial charge in [0, 0.05) is 12.6 Å². The van der Waals surface area contributed by atoms with Gasteiger partial charge in [0.1, 0.15) is 0 Å². The first-order valence-corrected chi connectivity index (χ1v) is 6.70. The van der Waals surface area contributed by atoms with Gasteiger partial charge in [0.2, 0.25) is 0 Å². The lowest BCUT2D eigenvalue weighted by Crippen LogP contribution is -2.30. The summed E-state index contributed by atoms with van der Waals surface area (Å²) in [6.45, 7) is 3.49. The normalized spacial score (nSPS) is 17.1. The zero-order valence-electron chi connectivity index (χ0n) is 10.7. The van der Waals surface area contributed by atoms with Gasteiger partial charge < -0.3 is 10.4 Å². The third-order valence-corrected chi connectivity index (χ3v) is 3.67. The average Bonchev–Trinajstić information content (AvgIpc) is 2.76. The fraction of sp³-hybridized carbons (Fsp3) is 0.600. The van der Waals surface area contributed by atoms with Crippen LogP contribution in [0.25, 0.3) is 0 Å². The van der Waals surface area contributed by atoms with Crippen LogP contribution < -0.4 is 5.32 Å². The fourth-order valence-electron chi connectivity index (χ4n) is 2.55. The van der Waals surface area contributed by atoms with Gasteiger partial charge in [-0.3, -0.25) is 0 Å². The van der Waals surface area contributed by atoms with E-state index in [0.717, 1.165) is 19.4 Å². The van der Waals surface area contributed by atoms with Crippen LogP contribution in [-0.2, 0) is 12.8 Å². The topological polar surface area (TPSA) is 32.3 Å². The number of fused-ring (bicyclic) bond motifs is 1. The molecule has 0 radical (unpaired) electrons. The van der Waals surface area contributed by atoms with Crippen LogP contribution in [0.5, 0.6) is 0 Å². The molecule has 0 heterocycles. The van der Waals surface area contributed by atoms with E-state index in [0.29, 0.717) is 18.6 Å². The number of aliphatic hydroxyl groups is 1. The Morgan fingerprint density at radius 2 is 1.94 bits per heavy atom. The molecule has 1 aromatic rings. The first kappa shape index (κ1) is 12.6. The summed E-state index contributed by atoms with van der Waals surface area (Å²) in [6.07, 6.45) is 4.62. The molecule has 1 aromatic carbocycles. The predicted octanol–water partition coefficient (Wildman–Crippen LogP) is 2.15. The molecule has 0 saturated carbocycles. The number of rotatable bonds is 6. The van der Waals surface area contributed by atoms with Gasteiger partial charge in [0.15, 0.2) is 0 Å². The molecule has 1 aliphatic carbocycles. The number of benzene rings is 1. The summed E-state index contributed by atoms with van der Waals surface area (Å²) in [5, 5.41) is 12.6. The smallest absolute Gasteiger partial charge is 0.0456 e. The summed E-state index contributed by atoms with van der Waals surface area (Å²) in [6, 6.07) is 9.36. The van der Waals surface area contributed by atoms with E-state index in [4.69, 9.17) is 5.11 Å². The largest absolute Gasteiger partial charge is 0.396 e. The number of hydrogen-bond acceptors (Lipinski definition) is 2. The zero-order valence-corrected chi connectivity index (χ0v) is 10.7. The second kappa shape index (κ2) is 6.18. The molecule has 17 heavy (non-hydrogen) atoms. The third kappa shape index (κ3) is 3.55. The molecule has 2 heteroatoms. The van der Waals surface area contributed by atoms with Gasteiger partial charge in [-0.05, 0) is 49.3 Å². The monoisotopic (exact) mass is 233 g/mol. The molecule has 0 amide bonds. The fourth-order valence-corrected chi connectivity index (χ4v) is 2.55. The van der Waals surface area contributed by atoms with Gasteiger partial charge in [-0.25, -0.2) is 0 Å². The Labute approximate surface area is 104 Å². The summed E-state index contributed by atoms with van der Waals surface area (Å²) in [7, 11) is 0. The molecule has 2 rings (SSSR count). The minimum Gasteiger partial charge on any atom is -0.396 e. The Hall–Kier alpha value is -0.860. The standard InChI is InChI=1S/C15H23NO/c1-12(11-17)5-4-8-16-15-9-13-6-2-3-7-14(13)10-15/h2-3,6-7,12,15-17H,4-5,8-11H2,1H3. The van der Waals surface area contributed by atoms with Gasteiger partial charge in [-0.1, -0.05) is 31.2 Å². The van der Waals surface area contributed by atoms with Crippen LogP contribution in [0.1, 0.15) is 30.9 Å². The van der Waals surface area contributed by atoms with Gasteiger partial charge in [0.25, 0.3) is 0 Å². The summed E-state index contributed by atoms with van der Waals surface area (Å²) in [5.74, 6) is 0.442. The minimum atomic E-state index is 0.314. The molecule has 94 valence electrons. The highest BCUT2D eigenvalue weighted by Gasteiger charge is 2.19. The average molecular weight is 233 g/mol. The molecule has 0 spiro atoms. The Kier molecular flexibility index (Phi) is 4.57. The van der Waals surface area contributed by atoms with E-state index in [1.165, 1.54) is 24.0 Å². The zero-order chi connectivity index (χ0) is 12.1. The second-order valence-corrected chi connectivity index (χ2v) is 5.26. The van der Waals surface area contributed by atoms with Crippen molar-refractivity contribution in [3.63, 3.8) is 0 Å². The van der Waals surface area contributed by atoms with E-state index in [9.17, 15) is 0 Å². The first-order valence-electron chi connectivity index (χ1n) is 6.70. The van der Waals surface area contributed by atoms with Crippen LogP contribution in [0.4, 0.5) is 0 Å². The molecular formula is C15H23NO.